The maximum Gasteiger partial charge on any atom is 0.262 e. The van der Waals surface area contributed by atoms with Gasteiger partial charge in [-0.2, -0.15) is 0 Å². The van der Waals surface area contributed by atoms with E-state index in [0.29, 0.717) is 15.4 Å². The van der Waals surface area contributed by atoms with Crippen LogP contribution in [0.25, 0.3) is 10.2 Å². The number of ketones is 1. The number of aryl methyl sites for hydroxylation is 2. The van der Waals surface area contributed by atoms with E-state index in [9.17, 15) is 18.4 Å². The summed E-state index contributed by atoms with van der Waals surface area (Å²) in [6.45, 7) is 1.67. The van der Waals surface area contributed by atoms with Crippen molar-refractivity contribution < 1.29 is 13.6 Å². The first-order chi connectivity index (χ1) is 12.9. The van der Waals surface area contributed by atoms with E-state index in [-0.39, 0.29) is 16.9 Å². The maximum atomic E-state index is 13.4. The first-order valence-corrected chi connectivity index (χ1v) is 10.2. The van der Waals surface area contributed by atoms with Crippen molar-refractivity contribution in [3.8, 4) is 0 Å². The largest absolute Gasteiger partial charge is 0.293 e. The Morgan fingerprint density at radius 2 is 2.07 bits per heavy atom. The molecule has 0 unspecified atom stereocenters. The minimum atomic E-state index is -1.06. The van der Waals surface area contributed by atoms with Crippen LogP contribution >= 0.6 is 23.1 Å². The van der Waals surface area contributed by atoms with Gasteiger partial charge in [-0.3, -0.25) is 14.2 Å². The third-order valence-corrected chi connectivity index (χ3v) is 7.09. The summed E-state index contributed by atoms with van der Waals surface area (Å²) >= 11 is 2.69. The number of Topliss-reactive ketones (excluding diaryl/α,β-unsaturated/α-hetero) is 1. The molecule has 3 aromatic rings. The van der Waals surface area contributed by atoms with Crippen LogP contribution in [-0.2, 0) is 19.9 Å². The van der Waals surface area contributed by atoms with Gasteiger partial charge in [0.1, 0.15) is 4.83 Å². The van der Waals surface area contributed by atoms with E-state index in [0.717, 1.165) is 48.7 Å². The number of thiophene rings is 1. The predicted molar refractivity (Wildman–Crippen MR) is 103 cm³/mol. The number of hydrogen-bond acceptors (Lipinski definition) is 5. The van der Waals surface area contributed by atoms with Crippen LogP contribution in [0.5, 0.6) is 0 Å². The number of nitrogens with zero attached hydrogens (tertiary/aromatic N) is 2. The SMILES string of the molecule is C[C@H](Sc1nc2sc3c(c2c(=O)n1C)CCC3)C(=O)c1ccc(F)c(F)c1. The van der Waals surface area contributed by atoms with Gasteiger partial charge in [0.15, 0.2) is 22.6 Å². The van der Waals surface area contributed by atoms with Crippen molar-refractivity contribution in [1.29, 1.82) is 0 Å². The second-order valence-electron chi connectivity index (χ2n) is 6.55. The summed E-state index contributed by atoms with van der Waals surface area (Å²) in [4.78, 5) is 31.9. The molecular formula is C19H16F2N2O2S2. The van der Waals surface area contributed by atoms with Crippen LogP contribution in [-0.4, -0.2) is 20.6 Å². The van der Waals surface area contributed by atoms with Gasteiger partial charge >= 0.3 is 0 Å². The molecule has 8 heteroatoms. The number of carbonyl (C=O) groups is 1. The molecule has 2 aromatic heterocycles. The van der Waals surface area contributed by atoms with Gasteiger partial charge in [0.2, 0.25) is 0 Å². The fourth-order valence-corrected chi connectivity index (χ4v) is 5.56. The molecule has 0 fully saturated rings. The van der Waals surface area contributed by atoms with Crippen molar-refractivity contribution >= 4 is 39.1 Å². The Morgan fingerprint density at radius 3 is 2.81 bits per heavy atom. The van der Waals surface area contributed by atoms with E-state index in [2.05, 4.69) is 4.98 Å². The van der Waals surface area contributed by atoms with Gasteiger partial charge < -0.3 is 0 Å². The van der Waals surface area contributed by atoms with Gasteiger partial charge in [-0.25, -0.2) is 13.8 Å². The van der Waals surface area contributed by atoms with E-state index in [4.69, 9.17) is 0 Å². The number of thioether (sulfide) groups is 1. The quantitative estimate of drug-likeness (QED) is 0.371. The monoisotopic (exact) mass is 406 g/mol. The highest BCUT2D eigenvalue weighted by molar-refractivity contribution is 8.00. The highest BCUT2D eigenvalue weighted by atomic mass is 32.2. The lowest BCUT2D eigenvalue weighted by Crippen LogP contribution is -2.22. The lowest BCUT2D eigenvalue weighted by atomic mass is 10.1. The summed E-state index contributed by atoms with van der Waals surface area (Å²) in [7, 11) is 1.64. The molecule has 0 spiro atoms. The van der Waals surface area contributed by atoms with Crippen LogP contribution in [0.4, 0.5) is 8.78 Å². The number of fused-ring (bicyclic) bond motifs is 3. The topological polar surface area (TPSA) is 52.0 Å². The molecule has 1 aromatic carbocycles. The fourth-order valence-electron chi connectivity index (χ4n) is 3.31. The average molecular weight is 406 g/mol. The second-order valence-corrected chi connectivity index (χ2v) is 8.94. The van der Waals surface area contributed by atoms with E-state index in [1.165, 1.54) is 15.5 Å². The minimum Gasteiger partial charge on any atom is -0.293 e. The molecule has 0 aliphatic heterocycles. The van der Waals surface area contributed by atoms with Crippen LogP contribution in [0, 0.1) is 11.6 Å². The van der Waals surface area contributed by atoms with Crippen LogP contribution < -0.4 is 5.56 Å². The molecule has 4 nitrogen and oxygen atoms in total. The zero-order valence-electron chi connectivity index (χ0n) is 14.7. The van der Waals surface area contributed by atoms with Gasteiger partial charge in [-0.15, -0.1) is 11.3 Å². The number of halogens is 2. The van der Waals surface area contributed by atoms with Crippen molar-refractivity contribution in [3.63, 3.8) is 0 Å². The number of hydrogen-bond donors (Lipinski definition) is 0. The third-order valence-electron chi connectivity index (χ3n) is 4.76. The molecule has 0 saturated carbocycles. The van der Waals surface area contributed by atoms with Crippen molar-refractivity contribution in [2.45, 2.75) is 36.6 Å². The molecule has 0 amide bonds. The summed E-state index contributed by atoms with van der Waals surface area (Å²) in [6, 6.07) is 3.10. The van der Waals surface area contributed by atoms with Crippen LogP contribution in [0.3, 0.4) is 0 Å². The number of benzene rings is 1. The van der Waals surface area contributed by atoms with Crippen molar-refractivity contribution in [3.05, 3.63) is 56.2 Å². The molecule has 140 valence electrons. The average Bonchev–Trinajstić information content (AvgIpc) is 3.21. The van der Waals surface area contributed by atoms with Gasteiger partial charge in [-0.05, 0) is 49.9 Å². The molecule has 0 bridgehead atoms. The molecule has 1 atom stereocenters. The summed E-state index contributed by atoms with van der Waals surface area (Å²) < 4.78 is 28.0. The van der Waals surface area contributed by atoms with Crippen molar-refractivity contribution in [1.82, 2.24) is 9.55 Å². The highest BCUT2D eigenvalue weighted by Gasteiger charge is 2.24. The van der Waals surface area contributed by atoms with E-state index in [1.807, 2.05) is 0 Å². The Hall–Kier alpha value is -2.06. The smallest absolute Gasteiger partial charge is 0.262 e. The van der Waals surface area contributed by atoms with Crippen molar-refractivity contribution in [2.24, 2.45) is 7.05 Å². The highest BCUT2D eigenvalue weighted by Crippen LogP contribution is 2.36. The predicted octanol–water partition coefficient (Wildman–Crippen LogP) is 4.13. The summed E-state index contributed by atoms with van der Waals surface area (Å²) in [6.07, 6.45) is 2.95. The third kappa shape index (κ3) is 3.10. The molecule has 4 rings (SSSR count). The van der Waals surface area contributed by atoms with Crippen LogP contribution in [0.1, 0.15) is 34.1 Å². The van der Waals surface area contributed by atoms with Gasteiger partial charge in [0.05, 0.1) is 10.6 Å². The molecule has 1 aliphatic carbocycles. The van der Waals surface area contributed by atoms with E-state index < -0.39 is 16.9 Å². The van der Waals surface area contributed by atoms with Gasteiger partial charge in [-0.1, -0.05) is 11.8 Å². The lowest BCUT2D eigenvalue weighted by Gasteiger charge is -2.13. The Kier molecular flexibility index (Phi) is 4.63. The summed E-state index contributed by atoms with van der Waals surface area (Å²) in [5.74, 6) is -2.40. The zero-order valence-corrected chi connectivity index (χ0v) is 16.3. The maximum absolute atomic E-state index is 13.4. The normalized spacial score (nSPS) is 14.5. The molecule has 0 radical (unpaired) electrons. The van der Waals surface area contributed by atoms with Crippen molar-refractivity contribution in [2.75, 3.05) is 0 Å². The first kappa shape index (κ1) is 18.3. The number of carbonyl (C=O) groups excluding carboxylic acids is 1. The lowest BCUT2D eigenvalue weighted by molar-refractivity contribution is 0.0993. The first-order valence-electron chi connectivity index (χ1n) is 8.54. The molecule has 27 heavy (non-hydrogen) atoms. The Morgan fingerprint density at radius 1 is 1.30 bits per heavy atom. The molecule has 0 saturated heterocycles. The number of aromatic nitrogens is 2. The van der Waals surface area contributed by atoms with Gasteiger partial charge in [0, 0.05) is 17.5 Å². The van der Waals surface area contributed by atoms with Crippen LogP contribution in [0.15, 0.2) is 28.2 Å². The Balaban J connectivity index is 1.66. The molecule has 0 N–H and O–H groups in total. The zero-order chi connectivity index (χ0) is 19.3. The number of rotatable bonds is 4. The molecule has 2 heterocycles. The second kappa shape index (κ2) is 6.83. The Labute approximate surface area is 162 Å². The van der Waals surface area contributed by atoms with Crippen LogP contribution in [0.2, 0.25) is 0 Å². The van der Waals surface area contributed by atoms with E-state index >= 15 is 0 Å². The standard InChI is InChI=1S/C19H16F2N2O2S2/c1-9(16(24)10-6-7-12(20)13(21)8-10)26-19-22-17-15(18(25)23(19)2)11-4-3-5-14(11)27-17/h6-9H,3-5H2,1-2H3/t9-/m0/s1. The molecule has 1 aliphatic rings. The molecular weight excluding hydrogens is 390 g/mol. The minimum absolute atomic E-state index is 0.0927. The van der Waals surface area contributed by atoms with Gasteiger partial charge in [0.25, 0.3) is 5.56 Å². The van der Waals surface area contributed by atoms with E-state index in [1.54, 1.807) is 25.3 Å². The fraction of sp³-hybridized carbons (Fsp3) is 0.316. The summed E-state index contributed by atoms with van der Waals surface area (Å²) in [5.41, 5.74) is 1.11. The Bertz CT molecular complexity index is 1140. The summed E-state index contributed by atoms with van der Waals surface area (Å²) in [5, 5.41) is 0.534.